The number of fused-ring (bicyclic) bond motifs is 12. The van der Waals surface area contributed by atoms with Crippen LogP contribution >= 0.6 is 0 Å². The third kappa shape index (κ3) is 24.0. The molecule has 0 aromatic carbocycles. The number of alkyl carbamates (subject to hydrolysis) is 4. The summed E-state index contributed by atoms with van der Waals surface area (Å²) >= 11 is 0. The van der Waals surface area contributed by atoms with Crippen molar-refractivity contribution >= 4 is 48.3 Å². The van der Waals surface area contributed by atoms with Crippen molar-refractivity contribution in [2.45, 2.75) is 317 Å². The van der Waals surface area contributed by atoms with Gasteiger partial charge in [0.2, 0.25) is 0 Å². The van der Waals surface area contributed by atoms with Crippen molar-refractivity contribution in [1.29, 1.82) is 0 Å². The highest BCUT2D eigenvalue weighted by Crippen LogP contribution is 2.54. The Morgan fingerprint density at radius 3 is 0.930 bits per heavy atom. The van der Waals surface area contributed by atoms with Crippen molar-refractivity contribution in [2.24, 2.45) is 35.5 Å². The summed E-state index contributed by atoms with van der Waals surface area (Å²) in [5.74, 6) is -1.83. The summed E-state index contributed by atoms with van der Waals surface area (Å²) in [7, 11) is 0. The first-order valence-electron chi connectivity index (χ1n) is 43.8. The van der Waals surface area contributed by atoms with Crippen molar-refractivity contribution in [2.75, 3.05) is 78.8 Å². The van der Waals surface area contributed by atoms with Crippen molar-refractivity contribution in [3.8, 4) is 0 Å². The van der Waals surface area contributed by atoms with E-state index in [-0.39, 0.29) is 157 Å². The molecule has 12 aliphatic rings. The molecule has 8 aliphatic heterocycles. The van der Waals surface area contributed by atoms with E-state index >= 15 is 0 Å². The van der Waals surface area contributed by atoms with Crippen LogP contribution in [0.15, 0.2) is 70.9 Å². The predicted octanol–water partition coefficient (Wildman–Crippen LogP) is 13.2. The molecule has 18 atom stereocenters. The fourth-order valence-corrected chi connectivity index (χ4v) is 19.0. The van der Waals surface area contributed by atoms with Gasteiger partial charge in [-0.2, -0.15) is 0 Å². The molecule has 114 heavy (non-hydrogen) atoms. The molecule has 0 aromatic rings. The molecule has 26 heteroatoms. The van der Waals surface area contributed by atoms with Crippen molar-refractivity contribution in [3.05, 3.63) is 70.9 Å². The number of allylic oxidation sites excluding steroid dienone is 4. The fourth-order valence-electron chi connectivity index (χ4n) is 19.0. The molecule has 1 unspecified atom stereocenters. The quantitative estimate of drug-likeness (QED) is 0.00831. The van der Waals surface area contributed by atoms with Gasteiger partial charge in [-0.3, -0.25) is 9.59 Å². The molecule has 6 N–H and O–H groups in total. The van der Waals surface area contributed by atoms with E-state index in [0.29, 0.717) is 88.9 Å². The first kappa shape index (κ1) is 86.5. The maximum absolute atomic E-state index is 13.4. The van der Waals surface area contributed by atoms with Gasteiger partial charge >= 0.3 is 48.3 Å². The number of hydrogen-bond donors (Lipinski definition) is 6. The topological polar surface area (TPSA) is 333 Å². The largest absolute Gasteiger partial charge is 0.459 e. The van der Waals surface area contributed by atoms with E-state index < -0.39 is 24.4 Å². The van der Waals surface area contributed by atoms with Crippen LogP contribution < -0.4 is 31.9 Å². The van der Waals surface area contributed by atoms with Gasteiger partial charge in [0, 0.05) is 74.1 Å². The fraction of sp³-hybridized carbons (Fsp3) is 0.773. The Kier molecular flexibility index (Phi) is 31.1. The van der Waals surface area contributed by atoms with E-state index in [9.17, 15) is 38.4 Å². The van der Waals surface area contributed by atoms with Gasteiger partial charge in [-0.25, -0.2) is 28.8 Å². The molecule has 0 saturated carbocycles. The van der Waals surface area contributed by atoms with E-state index in [1.807, 2.05) is 0 Å². The summed E-state index contributed by atoms with van der Waals surface area (Å²) in [6.45, 7) is 21.9. The zero-order valence-electron chi connectivity index (χ0n) is 68.5. The minimum atomic E-state index is -0.439. The molecule has 8 saturated heterocycles. The standard InChI is InChI=1S/C88H132N6O20/c1-57-63-37-33-59(29-25-41-85(3)73(111-85)69(63)107-77(57)95)53-103-81(99)91-47-21-15-9-7-13-19-45-89-51-67-65-39-35-61(31-27-43-87(5)75(113-87)71(65)109-79(67)97)55-105-83(101)93-49-23-17-11-12-18-24-50-94-84(102)106-56-62-32-28-44-88(6)76(114-88)72-66(40-36-62)68(80(98)110-72)52-90-46-20-14-8-10-16-22-48-92-82(100)104-54-60-30-26-42-86(4)74(112-86)70-64(38-34-60)58(2)78(96)108-70/h29-32,63-76,89-90H,1-2,7-28,33-56H2,3-6H3,(H,91,99)(H,92,100)(H,93,101)(H,94,102)/b59-29+,60-30+,61-31+,62-32+/t63-,64-,65-,66-,67-,68?,69-,70-,71-,72-,73-,74-,75-,76-,85+,86+,87+,88+/m0/s1. The summed E-state index contributed by atoms with van der Waals surface area (Å²) in [5, 5.41) is 18.8. The minimum absolute atomic E-state index is 0.0175. The number of rotatable bonds is 39. The van der Waals surface area contributed by atoms with Gasteiger partial charge in [-0.05, 0) is 204 Å². The summed E-state index contributed by atoms with van der Waals surface area (Å²) in [6.07, 6.45) is 35.0. The average Bonchev–Trinajstić information content (AvgIpc) is 1.61. The lowest BCUT2D eigenvalue weighted by Gasteiger charge is -2.23. The molecule has 8 heterocycles. The second-order valence-corrected chi connectivity index (χ2v) is 35.3. The number of carbonyl (C=O) groups excluding carboxylic acids is 8. The second-order valence-electron chi connectivity index (χ2n) is 35.3. The van der Waals surface area contributed by atoms with E-state index in [2.05, 4.69) is 97.1 Å². The number of nitrogens with one attached hydrogen (secondary N) is 6. The molecule has 26 nitrogen and oxygen atoms in total. The monoisotopic (exact) mass is 1590 g/mol. The highest BCUT2D eigenvalue weighted by atomic mass is 16.7. The van der Waals surface area contributed by atoms with Crippen LogP contribution in [0.2, 0.25) is 0 Å². The number of amides is 4. The highest BCUT2D eigenvalue weighted by Gasteiger charge is 2.66. The first-order chi connectivity index (χ1) is 55.1. The van der Waals surface area contributed by atoms with Crippen LogP contribution in [0.3, 0.4) is 0 Å². The summed E-state index contributed by atoms with van der Waals surface area (Å²) < 4.78 is 70.7. The van der Waals surface area contributed by atoms with Gasteiger partial charge in [0.25, 0.3) is 0 Å². The molecule has 4 aliphatic carbocycles. The van der Waals surface area contributed by atoms with Gasteiger partial charge in [-0.1, -0.05) is 115 Å². The predicted molar refractivity (Wildman–Crippen MR) is 424 cm³/mol. The van der Waals surface area contributed by atoms with Gasteiger partial charge in [0.15, 0.2) is 0 Å². The Balaban J connectivity index is 0.447. The van der Waals surface area contributed by atoms with Crippen LogP contribution in [0.5, 0.6) is 0 Å². The molecular formula is C88H132N6O20. The molecular weight excluding hydrogens is 1460 g/mol. The van der Waals surface area contributed by atoms with Crippen molar-refractivity contribution < 1.29 is 95.2 Å². The number of hydrogen-bond acceptors (Lipinski definition) is 22. The Morgan fingerprint density at radius 1 is 0.368 bits per heavy atom. The molecule has 634 valence electrons. The number of unbranched alkanes of at least 4 members (excludes halogenated alkanes) is 15. The summed E-state index contributed by atoms with van der Waals surface area (Å²) in [5.41, 5.74) is 3.81. The molecule has 0 spiro atoms. The maximum Gasteiger partial charge on any atom is 0.407 e. The SMILES string of the molecule is C=C1C(=O)O[C@H]2[C@H]1CC/C(COC(=O)NCCCCCCCCNCC1C(=O)O[C@H]3[C@H]1CC/C(COC(=O)NCCCCCCCCNC(=O)OC/C1=C/CC[C@@]4(C)O[C@H]4[C@H]4OC(=O)[C@@H](CNCCCCCCCCNC(=O)OC/C5=C/CC[C@@]6(C)O[C@H]6[C@H]6OC(=O)C(=C)[C@@H]6CC5)[C@@H]4CC1)=C\CC[C@@]1(C)O[C@@H]31)=C\CC[C@@]1(C)O[C@@H]21. The lowest BCUT2D eigenvalue weighted by Crippen LogP contribution is -2.34. The van der Waals surface area contributed by atoms with Crippen molar-refractivity contribution in [3.63, 3.8) is 0 Å². The van der Waals surface area contributed by atoms with Crippen LogP contribution in [0.1, 0.15) is 246 Å². The third-order valence-electron chi connectivity index (χ3n) is 26.6. The summed E-state index contributed by atoms with van der Waals surface area (Å²) in [4.78, 5) is 103. The molecule has 8 fully saturated rings. The molecule has 0 aromatic heterocycles. The average molecular weight is 1590 g/mol. The second kappa shape index (κ2) is 41.0. The highest BCUT2D eigenvalue weighted by molar-refractivity contribution is 5.91. The van der Waals surface area contributed by atoms with E-state index in [4.69, 9.17) is 56.8 Å². The molecule has 12 rings (SSSR count). The summed E-state index contributed by atoms with van der Waals surface area (Å²) in [6, 6.07) is 0. The first-order valence-corrected chi connectivity index (χ1v) is 43.8. The Hall–Kier alpha value is -6.84. The number of carbonyl (C=O) groups is 8. The number of ether oxygens (including phenoxy) is 12. The zero-order valence-corrected chi connectivity index (χ0v) is 68.5. The van der Waals surface area contributed by atoms with E-state index in [1.54, 1.807) is 0 Å². The van der Waals surface area contributed by atoms with Crippen LogP contribution in [0.4, 0.5) is 19.2 Å². The lowest BCUT2D eigenvalue weighted by atomic mass is 9.80. The lowest BCUT2D eigenvalue weighted by molar-refractivity contribution is -0.145. The third-order valence-corrected chi connectivity index (χ3v) is 26.6. The van der Waals surface area contributed by atoms with Crippen LogP contribution in [0.25, 0.3) is 0 Å². The van der Waals surface area contributed by atoms with E-state index in [0.717, 1.165) is 215 Å². The normalized spacial score (nSPS) is 35.2. The van der Waals surface area contributed by atoms with Crippen LogP contribution in [-0.4, -0.2) is 198 Å². The Bertz CT molecular complexity index is 3280. The zero-order chi connectivity index (χ0) is 80.2. The number of esters is 4. The minimum Gasteiger partial charge on any atom is -0.459 e. The Labute approximate surface area is 674 Å². The van der Waals surface area contributed by atoms with Crippen molar-refractivity contribution in [1.82, 2.24) is 31.9 Å². The van der Waals surface area contributed by atoms with Crippen LogP contribution in [0, 0.1) is 35.5 Å². The van der Waals surface area contributed by atoms with Gasteiger partial charge in [0.1, 0.15) is 75.3 Å². The smallest absolute Gasteiger partial charge is 0.407 e. The van der Waals surface area contributed by atoms with Crippen LogP contribution in [-0.2, 0) is 76.0 Å². The maximum atomic E-state index is 13.4. The van der Waals surface area contributed by atoms with Gasteiger partial charge < -0.3 is 88.7 Å². The molecule has 0 radical (unpaired) electrons. The molecule has 4 amide bonds. The Morgan fingerprint density at radius 2 is 0.632 bits per heavy atom. The number of epoxide rings is 4. The van der Waals surface area contributed by atoms with Gasteiger partial charge in [-0.15, -0.1) is 0 Å². The van der Waals surface area contributed by atoms with Gasteiger partial charge in [0.05, 0.1) is 34.2 Å². The van der Waals surface area contributed by atoms with E-state index in [1.165, 1.54) is 0 Å². The molecule has 0 bridgehead atoms.